The summed E-state index contributed by atoms with van der Waals surface area (Å²) in [6.45, 7) is 8.78. The Morgan fingerprint density at radius 3 is 2.50 bits per heavy atom. The Kier molecular flexibility index (Phi) is 8.43. The molecule has 3 aliphatic heterocycles. The van der Waals surface area contributed by atoms with Crippen LogP contribution < -0.4 is 5.32 Å². The number of hydrogen-bond donors (Lipinski definition) is 1. The first-order chi connectivity index (χ1) is 9.75. The van der Waals surface area contributed by atoms with Crippen LogP contribution in [0.15, 0.2) is 0 Å². The van der Waals surface area contributed by atoms with E-state index in [0.717, 1.165) is 52.4 Å². The Labute approximate surface area is 145 Å². The quantitative estimate of drug-likeness (QED) is 0.808. The fourth-order valence-electron chi connectivity index (χ4n) is 3.80. The highest BCUT2D eigenvalue weighted by Gasteiger charge is 2.38. The summed E-state index contributed by atoms with van der Waals surface area (Å²) in [5, 5.41) is 3.38. The van der Waals surface area contributed by atoms with Gasteiger partial charge in [-0.05, 0) is 25.3 Å². The molecule has 0 spiro atoms. The van der Waals surface area contributed by atoms with Gasteiger partial charge < -0.3 is 15.0 Å². The molecule has 0 aromatic rings. The third kappa shape index (κ3) is 4.48. The lowest BCUT2D eigenvalue weighted by atomic mass is 10.0. The van der Waals surface area contributed by atoms with Crippen LogP contribution in [0.3, 0.4) is 0 Å². The van der Waals surface area contributed by atoms with Gasteiger partial charge in [-0.1, -0.05) is 13.3 Å². The second-order valence-corrected chi connectivity index (χ2v) is 6.44. The summed E-state index contributed by atoms with van der Waals surface area (Å²) in [5.74, 6) is 0.896. The van der Waals surface area contributed by atoms with E-state index in [1.807, 2.05) is 0 Å². The van der Waals surface area contributed by atoms with E-state index >= 15 is 0 Å². The average molecular weight is 354 g/mol. The molecule has 3 atom stereocenters. The molecule has 3 heterocycles. The number of nitrogens with one attached hydrogen (secondary N) is 1. The van der Waals surface area contributed by atoms with E-state index in [4.69, 9.17) is 4.74 Å². The van der Waals surface area contributed by atoms with Crippen LogP contribution in [0.4, 0.5) is 0 Å². The van der Waals surface area contributed by atoms with E-state index in [9.17, 15) is 4.79 Å². The number of halogens is 2. The zero-order valence-electron chi connectivity index (χ0n) is 13.3. The van der Waals surface area contributed by atoms with Crippen molar-refractivity contribution in [2.45, 2.75) is 38.3 Å². The van der Waals surface area contributed by atoms with Crippen molar-refractivity contribution in [3.05, 3.63) is 0 Å². The summed E-state index contributed by atoms with van der Waals surface area (Å²) in [7, 11) is 0. The smallest absolute Gasteiger partial charge is 0.239 e. The maximum absolute atomic E-state index is 12.6. The molecule has 0 saturated carbocycles. The standard InChI is InChI=1S/C15H27N3O2.2ClH/c1-12-10-18(15(19)13-4-2-3-5-16-13)11-14(12)17-6-8-20-9-7-17;;/h12-14,16H,2-11H2,1H3;2*1H/t12?,13-,14?;;/m1../s1. The highest BCUT2D eigenvalue weighted by Crippen LogP contribution is 2.24. The van der Waals surface area contributed by atoms with Gasteiger partial charge in [0, 0.05) is 32.2 Å². The van der Waals surface area contributed by atoms with Crippen molar-refractivity contribution in [2.24, 2.45) is 5.92 Å². The van der Waals surface area contributed by atoms with Crippen LogP contribution in [-0.4, -0.2) is 73.7 Å². The molecule has 22 heavy (non-hydrogen) atoms. The summed E-state index contributed by atoms with van der Waals surface area (Å²) >= 11 is 0. The summed E-state index contributed by atoms with van der Waals surface area (Å²) in [6, 6.07) is 0.589. The minimum Gasteiger partial charge on any atom is -0.379 e. The topological polar surface area (TPSA) is 44.8 Å². The van der Waals surface area contributed by atoms with Gasteiger partial charge in [0.05, 0.1) is 19.3 Å². The Morgan fingerprint density at radius 1 is 1.14 bits per heavy atom. The molecular formula is C15H29Cl2N3O2. The summed E-state index contributed by atoms with van der Waals surface area (Å²) in [5.41, 5.74) is 0. The van der Waals surface area contributed by atoms with Crippen molar-refractivity contribution in [2.75, 3.05) is 45.9 Å². The van der Waals surface area contributed by atoms with E-state index in [1.165, 1.54) is 12.8 Å². The second kappa shape index (κ2) is 9.28. The number of amides is 1. The lowest BCUT2D eigenvalue weighted by molar-refractivity contribution is -0.133. The first-order valence-corrected chi connectivity index (χ1v) is 8.09. The van der Waals surface area contributed by atoms with Crippen LogP contribution in [0.2, 0.25) is 0 Å². The van der Waals surface area contributed by atoms with E-state index in [0.29, 0.717) is 17.9 Å². The number of rotatable bonds is 2. The number of hydrogen-bond acceptors (Lipinski definition) is 4. The lowest BCUT2D eigenvalue weighted by Crippen LogP contribution is -2.50. The zero-order chi connectivity index (χ0) is 13.9. The molecule has 1 N–H and O–H groups in total. The molecule has 0 radical (unpaired) electrons. The largest absolute Gasteiger partial charge is 0.379 e. The first-order valence-electron chi connectivity index (χ1n) is 8.09. The molecule has 0 bridgehead atoms. The molecule has 3 rings (SSSR count). The number of nitrogens with zero attached hydrogens (tertiary/aromatic N) is 2. The fourth-order valence-corrected chi connectivity index (χ4v) is 3.80. The number of likely N-dealkylation sites (tertiary alicyclic amines) is 1. The van der Waals surface area contributed by atoms with Crippen LogP contribution in [0, 0.1) is 5.92 Å². The normalized spacial score (nSPS) is 33.0. The van der Waals surface area contributed by atoms with Gasteiger partial charge in [-0.15, -0.1) is 24.8 Å². The Hall–Kier alpha value is -0.0700. The van der Waals surface area contributed by atoms with E-state index in [-0.39, 0.29) is 30.9 Å². The van der Waals surface area contributed by atoms with Gasteiger partial charge in [-0.2, -0.15) is 0 Å². The number of morpholine rings is 1. The third-order valence-corrected chi connectivity index (χ3v) is 5.01. The van der Waals surface area contributed by atoms with Gasteiger partial charge in [0.2, 0.25) is 5.91 Å². The van der Waals surface area contributed by atoms with Crippen molar-refractivity contribution in [1.82, 2.24) is 15.1 Å². The molecule has 7 heteroatoms. The monoisotopic (exact) mass is 353 g/mol. The zero-order valence-corrected chi connectivity index (χ0v) is 15.0. The molecule has 0 aliphatic carbocycles. The Bertz CT molecular complexity index is 348. The molecule has 5 nitrogen and oxygen atoms in total. The number of carbonyl (C=O) groups is 1. The van der Waals surface area contributed by atoms with Gasteiger partial charge >= 0.3 is 0 Å². The van der Waals surface area contributed by atoms with Crippen molar-refractivity contribution in [3.63, 3.8) is 0 Å². The summed E-state index contributed by atoms with van der Waals surface area (Å²) in [6.07, 6.45) is 3.39. The van der Waals surface area contributed by atoms with Gasteiger partial charge in [0.1, 0.15) is 0 Å². The van der Waals surface area contributed by atoms with Crippen molar-refractivity contribution >= 4 is 30.7 Å². The van der Waals surface area contributed by atoms with E-state index in [1.54, 1.807) is 0 Å². The maximum Gasteiger partial charge on any atom is 0.239 e. The van der Waals surface area contributed by atoms with Gasteiger partial charge in [0.25, 0.3) is 0 Å². The predicted octanol–water partition coefficient (Wildman–Crippen LogP) is 1.15. The number of piperidine rings is 1. The SMILES string of the molecule is CC1CN(C(=O)[C@H]2CCCCN2)CC1N1CCOCC1.Cl.Cl. The number of ether oxygens (including phenoxy) is 1. The Morgan fingerprint density at radius 2 is 1.86 bits per heavy atom. The minimum atomic E-state index is 0. The Balaban J connectivity index is 0.00000121. The van der Waals surface area contributed by atoms with E-state index in [2.05, 4.69) is 22.0 Å². The van der Waals surface area contributed by atoms with Gasteiger partial charge in [-0.3, -0.25) is 9.69 Å². The third-order valence-electron chi connectivity index (χ3n) is 5.01. The maximum atomic E-state index is 12.6. The predicted molar refractivity (Wildman–Crippen MR) is 92.1 cm³/mol. The fraction of sp³-hybridized carbons (Fsp3) is 0.933. The molecule has 3 aliphatic rings. The van der Waals surface area contributed by atoms with Gasteiger partial charge in [-0.25, -0.2) is 0 Å². The lowest BCUT2D eigenvalue weighted by Gasteiger charge is -2.34. The average Bonchev–Trinajstić information content (AvgIpc) is 2.90. The van der Waals surface area contributed by atoms with Crippen LogP contribution in [0.25, 0.3) is 0 Å². The highest BCUT2D eigenvalue weighted by atomic mass is 35.5. The molecule has 0 aromatic heterocycles. The molecule has 3 fully saturated rings. The molecule has 0 aromatic carbocycles. The van der Waals surface area contributed by atoms with Crippen molar-refractivity contribution in [3.8, 4) is 0 Å². The molecular weight excluding hydrogens is 325 g/mol. The van der Waals surface area contributed by atoms with E-state index < -0.39 is 0 Å². The minimum absolute atomic E-state index is 0. The second-order valence-electron chi connectivity index (χ2n) is 6.44. The van der Waals surface area contributed by atoms with Crippen LogP contribution in [0.1, 0.15) is 26.2 Å². The molecule has 130 valence electrons. The summed E-state index contributed by atoms with van der Waals surface area (Å²) in [4.78, 5) is 17.2. The van der Waals surface area contributed by atoms with Crippen LogP contribution in [-0.2, 0) is 9.53 Å². The van der Waals surface area contributed by atoms with Crippen LogP contribution in [0.5, 0.6) is 0 Å². The number of carbonyl (C=O) groups excluding carboxylic acids is 1. The first kappa shape index (κ1) is 20.0. The van der Waals surface area contributed by atoms with Crippen molar-refractivity contribution < 1.29 is 9.53 Å². The van der Waals surface area contributed by atoms with Crippen molar-refractivity contribution in [1.29, 1.82) is 0 Å². The van der Waals surface area contributed by atoms with Gasteiger partial charge in [0.15, 0.2) is 0 Å². The highest BCUT2D eigenvalue weighted by molar-refractivity contribution is 5.85. The van der Waals surface area contributed by atoms with Crippen LogP contribution >= 0.6 is 24.8 Å². The summed E-state index contributed by atoms with van der Waals surface area (Å²) < 4.78 is 5.43. The molecule has 2 unspecified atom stereocenters. The molecule has 3 saturated heterocycles. The molecule has 1 amide bonds.